The molecule has 4 rings (SSSR count). The predicted molar refractivity (Wildman–Crippen MR) is 82.1 cm³/mol. The fraction of sp³-hybridized carbons (Fsp3) is 0.294. The lowest BCUT2D eigenvalue weighted by atomic mass is 9.82. The number of carbonyl (C=O) groups excluding carboxylic acids is 1. The van der Waals surface area contributed by atoms with Gasteiger partial charge in [0.2, 0.25) is 0 Å². The summed E-state index contributed by atoms with van der Waals surface area (Å²) in [5, 5.41) is 4.23. The fourth-order valence-corrected chi connectivity index (χ4v) is 3.06. The number of ketones is 1. The van der Waals surface area contributed by atoms with Crippen LogP contribution in [0.2, 0.25) is 0 Å². The number of benzene rings is 1. The molecule has 1 atom stereocenters. The van der Waals surface area contributed by atoms with Crippen molar-refractivity contribution in [3.05, 3.63) is 58.7 Å². The topological polar surface area (TPSA) is 60.2 Å². The summed E-state index contributed by atoms with van der Waals surface area (Å²) in [5.74, 6) is 1.56. The largest absolute Gasteiger partial charge is 0.294 e. The van der Waals surface area contributed by atoms with Crippen molar-refractivity contribution in [3.63, 3.8) is 0 Å². The third-order valence-electron chi connectivity index (χ3n) is 4.24. The Bertz CT molecular complexity index is 880. The molecule has 22 heavy (non-hydrogen) atoms. The number of rotatable bonds is 1. The molecular formula is C17H16N4O. The average molecular weight is 292 g/mol. The molecule has 2 heterocycles. The molecule has 0 unspecified atom stereocenters. The van der Waals surface area contributed by atoms with Crippen LogP contribution in [0.25, 0.3) is 5.78 Å². The Balaban J connectivity index is 1.77. The van der Waals surface area contributed by atoms with Crippen LogP contribution in [-0.4, -0.2) is 25.4 Å². The molecule has 0 N–H and O–H groups in total. The van der Waals surface area contributed by atoms with E-state index in [-0.39, 0.29) is 11.7 Å². The minimum atomic E-state index is 0.134. The van der Waals surface area contributed by atoms with Crippen LogP contribution < -0.4 is 0 Å². The van der Waals surface area contributed by atoms with Gasteiger partial charge in [-0.15, -0.1) is 0 Å². The zero-order valence-corrected chi connectivity index (χ0v) is 12.6. The number of fused-ring (bicyclic) bond motifs is 2. The van der Waals surface area contributed by atoms with Crippen LogP contribution in [0.1, 0.15) is 45.3 Å². The highest BCUT2D eigenvalue weighted by atomic mass is 16.1. The van der Waals surface area contributed by atoms with Crippen molar-refractivity contribution in [1.29, 1.82) is 0 Å². The van der Waals surface area contributed by atoms with Crippen molar-refractivity contribution in [3.8, 4) is 0 Å². The third-order valence-corrected chi connectivity index (χ3v) is 4.24. The standard InChI is InChI=1S/C17H16N4O/c1-10-3-5-12(6-4-10)13-7-15-14(16(22)8-13)9-21-17(19-15)18-11(2)20-21/h3-6,9,13H,7-8H2,1-2H3/t13-/m1/s1. The van der Waals surface area contributed by atoms with Crippen LogP contribution in [0, 0.1) is 13.8 Å². The van der Waals surface area contributed by atoms with Crippen LogP contribution in [0.15, 0.2) is 30.5 Å². The number of Topliss-reactive ketones (excluding diaryl/α,β-unsaturated/α-hetero) is 1. The Morgan fingerprint density at radius 1 is 1.09 bits per heavy atom. The van der Waals surface area contributed by atoms with Gasteiger partial charge in [-0.1, -0.05) is 29.8 Å². The maximum absolute atomic E-state index is 12.5. The lowest BCUT2D eigenvalue weighted by Crippen LogP contribution is -2.21. The van der Waals surface area contributed by atoms with Crippen LogP contribution in [-0.2, 0) is 6.42 Å². The zero-order chi connectivity index (χ0) is 15.3. The molecule has 0 amide bonds. The minimum Gasteiger partial charge on any atom is -0.294 e. The highest BCUT2D eigenvalue weighted by Gasteiger charge is 2.28. The van der Waals surface area contributed by atoms with Crippen LogP contribution >= 0.6 is 0 Å². The molecule has 0 saturated carbocycles. The molecule has 3 aromatic rings. The quantitative estimate of drug-likeness (QED) is 0.692. The summed E-state index contributed by atoms with van der Waals surface area (Å²) in [6.07, 6.45) is 3.06. The van der Waals surface area contributed by atoms with E-state index in [2.05, 4.69) is 46.3 Å². The van der Waals surface area contributed by atoms with Gasteiger partial charge < -0.3 is 0 Å². The van der Waals surface area contributed by atoms with E-state index < -0.39 is 0 Å². The lowest BCUT2D eigenvalue weighted by molar-refractivity contribution is 0.0962. The van der Waals surface area contributed by atoms with Crippen molar-refractivity contribution in [1.82, 2.24) is 19.6 Å². The fourth-order valence-electron chi connectivity index (χ4n) is 3.06. The zero-order valence-electron chi connectivity index (χ0n) is 12.6. The highest BCUT2D eigenvalue weighted by Crippen LogP contribution is 2.32. The van der Waals surface area contributed by atoms with E-state index in [1.165, 1.54) is 11.1 Å². The number of aromatic nitrogens is 4. The van der Waals surface area contributed by atoms with Crippen molar-refractivity contribution in [2.75, 3.05) is 0 Å². The minimum absolute atomic E-state index is 0.134. The first-order valence-corrected chi connectivity index (χ1v) is 7.43. The SMILES string of the molecule is Cc1ccc([C@H]2CC(=O)c3cn4nc(C)nc4nc3C2)cc1. The second-order valence-corrected chi connectivity index (χ2v) is 5.94. The molecule has 0 saturated heterocycles. The van der Waals surface area contributed by atoms with Crippen molar-refractivity contribution >= 4 is 11.6 Å². The number of nitrogens with zero attached hydrogens (tertiary/aromatic N) is 4. The summed E-state index contributed by atoms with van der Waals surface area (Å²) < 4.78 is 1.60. The maximum atomic E-state index is 12.5. The molecule has 1 aliphatic rings. The van der Waals surface area contributed by atoms with Crippen molar-refractivity contribution in [2.45, 2.75) is 32.6 Å². The first kappa shape index (κ1) is 13.1. The molecule has 0 radical (unpaired) electrons. The summed E-state index contributed by atoms with van der Waals surface area (Å²) in [5.41, 5.74) is 3.94. The van der Waals surface area contributed by atoms with E-state index in [1.54, 1.807) is 10.7 Å². The first-order valence-electron chi connectivity index (χ1n) is 7.43. The molecule has 0 aliphatic heterocycles. The Morgan fingerprint density at radius 3 is 2.64 bits per heavy atom. The van der Waals surface area contributed by atoms with Crippen molar-refractivity contribution in [2.24, 2.45) is 0 Å². The predicted octanol–water partition coefficient (Wildman–Crippen LogP) is 2.65. The molecule has 1 aliphatic carbocycles. The first-order chi connectivity index (χ1) is 10.6. The van der Waals surface area contributed by atoms with Gasteiger partial charge in [-0.05, 0) is 31.7 Å². The van der Waals surface area contributed by atoms with Crippen LogP contribution in [0.4, 0.5) is 0 Å². The van der Waals surface area contributed by atoms with Crippen molar-refractivity contribution < 1.29 is 4.79 Å². The molecular weight excluding hydrogens is 276 g/mol. The Labute approximate surface area is 128 Å². The summed E-state index contributed by atoms with van der Waals surface area (Å²) in [4.78, 5) is 21.3. The van der Waals surface area contributed by atoms with E-state index in [1.807, 2.05) is 6.92 Å². The lowest BCUT2D eigenvalue weighted by Gasteiger charge is -2.23. The smallest absolute Gasteiger partial charge is 0.252 e. The summed E-state index contributed by atoms with van der Waals surface area (Å²) in [6.45, 7) is 3.89. The number of hydrogen-bond acceptors (Lipinski definition) is 4. The number of carbonyl (C=O) groups is 1. The van der Waals surface area contributed by atoms with Gasteiger partial charge in [-0.2, -0.15) is 10.1 Å². The van der Waals surface area contributed by atoms with E-state index in [0.717, 1.165) is 12.1 Å². The molecule has 5 heteroatoms. The molecule has 110 valence electrons. The van der Waals surface area contributed by atoms with E-state index in [9.17, 15) is 4.79 Å². The van der Waals surface area contributed by atoms with E-state index in [0.29, 0.717) is 23.6 Å². The normalized spacial score (nSPS) is 17.7. The Kier molecular flexibility index (Phi) is 2.82. The number of hydrogen-bond donors (Lipinski definition) is 0. The maximum Gasteiger partial charge on any atom is 0.252 e. The highest BCUT2D eigenvalue weighted by molar-refractivity contribution is 5.98. The number of aryl methyl sites for hydroxylation is 2. The van der Waals surface area contributed by atoms with Crippen LogP contribution in [0.3, 0.4) is 0 Å². The molecule has 5 nitrogen and oxygen atoms in total. The second kappa shape index (κ2) is 4.73. The van der Waals surface area contributed by atoms with Gasteiger partial charge in [0.25, 0.3) is 5.78 Å². The monoisotopic (exact) mass is 292 g/mol. The Morgan fingerprint density at radius 2 is 1.86 bits per heavy atom. The second-order valence-electron chi connectivity index (χ2n) is 5.94. The summed E-state index contributed by atoms with van der Waals surface area (Å²) in [6, 6.07) is 8.40. The van der Waals surface area contributed by atoms with Gasteiger partial charge in [0.1, 0.15) is 5.82 Å². The van der Waals surface area contributed by atoms with Gasteiger partial charge in [0.15, 0.2) is 5.78 Å². The Hall–Kier alpha value is -2.56. The van der Waals surface area contributed by atoms with E-state index in [4.69, 9.17) is 0 Å². The van der Waals surface area contributed by atoms with E-state index >= 15 is 0 Å². The molecule has 0 spiro atoms. The summed E-state index contributed by atoms with van der Waals surface area (Å²) in [7, 11) is 0. The van der Waals surface area contributed by atoms with Gasteiger partial charge in [-0.3, -0.25) is 4.79 Å². The summed E-state index contributed by atoms with van der Waals surface area (Å²) >= 11 is 0. The third kappa shape index (κ3) is 2.09. The van der Waals surface area contributed by atoms with Crippen LogP contribution in [0.5, 0.6) is 0 Å². The molecule has 0 bridgehead atoms. The van der Waals surface area contributed by atoms with Gasteiger partial charge >= 0.3 is 0 Å². The van der Waals surface area contributed by atoms with Gasteiger partial charge in [-0.25, -0.2) is 9.50 Å². The average Bonchev–Trinajstić information content (AvgIpc) is 2.85. The molecule has 0 fully saturated rings. The van der Waals surface area contributed by atoms with Gasteiger partial charge in [0, 0.05) is 12.6 Å². The molecule has 1 aromatic carbocycles. The molecule has 2 aromatic heterocycles. The van der Waals surface area contributed by atoms with Gasteiger partial charge in [0.05, 0.1) is 11.3 Å².